The highest BCUT2D eigenvalue weighted by atomic mass is 35.5. The number of carbonyl (C=O) groups is 1. The van der Waals surface area contributed by atoms with E-state index in [1.54, 1.807) is 0 Å². The van der Waals surface area contributed by atoms with Crippen LogP contribution in [0.5, 0.6) is 0 Å². The number of nitrogens with zero attached hydrogens (tertiary/aromatic N) is 1. The Kier molecular flexibility index (Phi) is 4.12. The molecule has 2 heterocycles. The van der Waals surface area contributed by atoms with Gasteiger partial charge in [0.05, 0.1) is 4.91 Å². The molecule has 3 rings (SSSR count). The molecule has 1 aliphatic rings. The van der Waals surface area contributed by atoms with E-state index in [0.29, 0.717) is 14.2 Å². The van der Waals surface area contributed by atoms with Crippen LogP contribution in [0.2, 0.25) is 5.02 Å². The van der Waals surface area contributed by atoms with Crippen molar-refractivity contribution in [3.63, 3.8) is 0 Å². The van der Waals surface area contributed by atoms with Crippen LogP contribution in [0.3, 0.4) is 0 Å². The third kappa shape index (κ3) is 2.84. The van der Waals surface area contributed by atoms with Crippen molar-refractivity contribution in [3.8, 4) is 5.69 Å². The van der Waals surface area contributed by atoms with Gasteiger partial charge in [0.15, 0.2) is 0 Å². The summed E-state index contributed by atoms with van der Waals surface area (Å²) in [4.78, 5) is 12.4. The maximum Gasteiger partial charge on any atom is 0.263 e. The molecule has 1 aliphatic heterocycles. The molecule has 0 radical (unpaired) electrons. The number of halogens is 1. The number of nitrogens with one attached hydrogen (secondary N) is 1. The van der Waals surface area contributed by atoms with E-state index in [2.05, 4.69) is 16.0 Å². The second-order valence-electron chi connectivity index (χ2n) is 4.99. The Morgan fingerprint density at radius 3 is 2.55 bits per heavy atom. The van der Waals surface area contributed by atoms with Crippen molar-refractivity contribution in [2.24, 2.45) is 0 Å². The molecule has 0 spiro atoms. The number of rotatable bonds is 2. The normalized spacial score (nSPS) is 16.4. The number of aryl methyl sites for hydroxylation is 1. The molecule has 1 aromatic heterocycles. The first-order chi connectivity index (χ1) is 10.5. The highest BCUT2D eigenvalue weighted by Crippen LogP contribution is 2.29. The Bertz CT molecular complexity index is 806. The van der Waals surface area contributed by atoms with Gasteiger partial charge in [0.25, 0.3) is 5.91 Å². The minimum Gasteiger partial charge on any atom is -0.318 e. The van der Waals surface area contributed by atoms with Gasteiger partial charge in [-0.3, -0.25) is 4.79 Å². The monoisotopic (exact) mass is 348 g/mol. The van der Waals surface area contributed by atoms with Crippen molar-refractivity contribution in [1.29, 1.82) is 0 Å². The summed E-state index contributed by atoms with van der Waals surface area (Å²) >= 11 is 12.3. The van der Waals surface area contributed by atoms with Gasteiger partial charge in [-0.15, -0.1) is 0 Å². The highest BCUT2D eigenvalue weighted by Gasteiger charge is 2.22. The first-order valence-corrected chi connectivity index (χ1v) is 8.26. The topological polar surface area (TPSA) is 34.0 Å². The maximum atomic E-state index is 11.8. The second-order valence-corrected chi connectivity index (χ2v) is 7.15. The quantitative estimate of drug-likeness (QED) is 0.651. The van der Waals surface area contributed by atoms with Crippen molar-refractivity contribution >= 4 is 51.9 Å². The van der Waals surface area contributed by atoms with Crippen molar-refractivity contribution < 1.29 is 4.79 Å². The fraction of sp³-hybridized carbons (Fsp3) is 0.125. The standard InChI is InChI=1S/C16H13ClN2OS2/c1-9-7-11(8-14-15(20)18-16(21)22-14)10(2)19(9)13-5-3-12(17)4-6-13/h3-8H,1-2H3,(H,18,20,21)/b14-8+. The van der Waals surface area contributed by atoms with E-state index in [0.717, 1.165) is 22.6 Å². The zero-order valence-electron chi connectivity index (χ0n) is 12.0. The molecule has 0 aliphatic carbocycles. The van der Waals surface area contributed by atoms with Gasteiger partial charge in [0, 0.05) is 22.1 Å². The molecule has 0 saturated carbocycles. The molecule has 112 valence electrons. The number of hydrogen-bond acceptors (Lipinski definition) is 3. The van der Waals surface area contributed by atoms with Crippen LogP contribution in [0, 0.1) is 13.8 Å². The van der Waals surface area contributed by atoms with Gasteiger partial charge in [-0.2, -0.15) is 0 Å². The molecule has 0 atom stereocenters. The number of amides is 1. The van der Waals surface area contributed by atoms with Gasteiger partial charge < -0.3 is 9.88 Å². The molecule has 1 aromatic carbocycles. The van der Waals surface area contributed by atoms with Crippen LogP contribution >= 0.6 is 35.6 Å². The number of thioether (sulfide) groups is 1. The summed E-state index contributed by atoms with van der Waals surface area (Å²) in [5.74, 6) is -0.133. The average Bonchev–Trinajstić information content (AvgIpc) is 2.92. The first kappa shape index (κ1) is 15.3. The van der Waals surface area contributed by atoms with E-state index in [1.807, 2.05) is 44.2 Å². The molecule has 1 saturated heterocycles. The maximum absolute atomic E-state index is 11.8. The van der Waals surface area contributed by atoms with E-state index in [-0.39, 0.29) is 5.91 Å². The Morgan fingerprint density at radius 1 is 1.27 bits per heavy atom. The van der Waals surface area contributed by atoms with Crippen LogP contribution in [-0.4, -0.2) is 14.8 Å². The van der Waals surface area contributed by atoms with Crippen LogP contribution < -0.4 is 5.32 Å². The van der Waals surface area contributed by atoms with Crippen molar-refractivity contribution in [2.75, 3.05) is 0 Å². The van der Waals surface area contributed by atoms with E-state index < -0.39 is 0 Å². The van der Waals surface area contributed by atoms with Crippen molar-refractivity contribution in [1.82, 2.24) is 9.88 Å². The van der Waals surface area contributed by atoms with E-state index >= 15 is 0 Å². The van der Waals surface area contributed by atoms with Crippen LogP contribution in [0.1, 0.15) is 17.0 Å². The highest BCUT2D eigenvalue weighted by molar-refractivity contribution is 8.26. The molecule has 0 unspecified atom stereocenters. The predicted octanol–water partition coefficient (Wildman–Crippen LogP) is 4.24. The van der Waals surface area contributed by atoms with Crippen molar-refractivity contribution in [2.45, 2.75) is 13.8 Å². The van der Waals surface area contributed by atoms with Gasteiger partial charge in [-0.05, 0) is 55.8 Å². The van der Waals surface area contributed by atoms with Crippen molar-refractivity contribution in [3.05, 3.63) is 57.2 Å². The molecular weight excluding hydrogens is 336 g/mol. The molecule has 1 fully saturated rings. The largest absolute Gasteiger partial charge is 0.318 e. The lowest BCUT2D eigenvalue weighted by Gasteiger charge is -2.09. The van der Waals surface area contributed by atoms with Crippen LogP contribution in [0.15, 0.2) is 35.2 Å². The molecule has 22 heavy (non-hydrogen) atoms. The number of aromatic nitrogens is 1. The molecule has 2 aromatic rings. The number of benzene rings is 1. The zero-order valence-corrected chi connectivity index (χ0v) is 14.4. The third-order valence-electron chi connectivity index (χ3n) is 3.48. The summed E-state index contributed by atoms with van der Waals surface area (Å²) in [6, 6.07) is 9.75. The molecule has 0 bridgehead atoms. The Morgan fingerprint density at radius 2 is 1.95 bits per heavy atom. The predicted molar refractivity (Wildman–Crippen MR) is 96.6 cm³/mol. The van der Waals surface area contributed by atoms with Gasteiger partial charge in [-0.1, -0.05) is 35.6 Å². The number of thiocarbonyl (C=S) groups is 1. The summed E-state index contributed by atoms with van der Waals surface area (Å²) in [7, 11) is 0. The summed E-state index contributed by atoms with van der Waals surface area (Å²) in [6.45, 7) is 4.07. The Hall–Kier alpha value is -1.56. The first-order valence-electron chi connectivity index (χ1n) is 6.65. The Balaban J connectivity index is 2.04. The van der Waals surface area contributed by atoms with E-state index in [9.17, 15) is 4.79 Å². The zero-order chi connectivity index (χ0) is 15.9. The van der Waals surface area contributed by atoms with Crippen LogP contribution in [0.4, 0.5) is 0 Å². The minimum atomic E-state index is -0.133. The lowest BCUT2D eigenvalue weighted by atomic mass is 10.2. The SMILES string of the molecule is Cc1cc(/C=C2/SC(=S)NC2=O)c(C)n1-c1ccc(Cl)cc1. The average molecular weight is 349 g/mol. The van der Waals surface area contributed by atoms with Gasteiger partial charge in [0.2, 0.25) is 0 Å². The lowest BCUT2D eigenvalue weighted by molar-refractivity contribution is -0.115. The fourth-order valence-electron chi connectivity index (χ4n) is 2.48. The number of hydrogen-bond donors (Lipinski definition) is 1. The summed E-state index contributed by atoms with van der Waals surface area (Å²) < 4.78 is 2.64. The number of carbonyl (C=O) groups excluding carboxylic acids is 1. The second kappa shape index (κ2) is 5.91. The molecule has 6 heteroatoms. The van der Waals surface area contributed by atoms with Gasteiger partial charge in [0.1, 0.15) is 4.32 Å². The van der Waals surface area contributed by atoms with Crippen LogP contribution in [-0.2, 0) is 4.79 Å². The molecular formula is C16H13ClN2OS2. The van der Waals surface area contributed by atoms with E-state index in [1.165, 1.54) is 11.8 Å². The summed E-state index contributed by atoms with van der Waals surface area (Å²) in [6.07, 6.45) is 1.88. The minimum absolute atomic E-state index is 0.133. The summed E-state index contributed by atoms with van der Waals surface area (Å²) in [5.41, 5.74) is 4.22. The molecule has 3 nitrogen and oxygen atoms in total. The summed E-state index contributed by atoms with van der Waals surface area (Å²) in [5, 5.41) is 3.34. The smallest absolute Gasteiger partial charge is 0.263 e. The van der Waals surface area contributed by atoms with Crippen LogP contribution in [0.25, 0.3) is 11.8 Å². The van der Waals surface area contributed by atoms with Gasteiger partial charge >= 0.3 is 0 Å². The fourth-order valence-corrected chi connectivity index (χ4v) is 3.64. The van der Waals surface area contributed by atoms with E-state index in [4.69, 9.17) is 23.8 Å². The Labute approximate surface area is 143 Å². The van der Waals surface area contributed by atoms with Gasteiger partial charge in [-0.25, -0.2) is 0 Å². The third-order valence-corrected chi connectivity index (χ3v) is 4.90. The lowest BCUT2D eigenvalue weighted by Crippen LogP contribution is -2.17. The molecule has 1 amide bonds. The molecule has 1 N–H and O–H groups in total.